The summed E-state index contributed by atoms with van der Waals surface area (Å²) in [4.78, 5) is 19.4. The zero-order chi connectivity index (χ0) is 62.4. The second-order valence-electron chi connectivity index (χ2n) is 21.0. The fourth-order valence-corrected chi connectivity index (χ4v) is 14.3. The number of aliphatic hydroxyl groups excluding tert-OH is 1. The Kier molecular flexibility index (Phi) is 29.9. The van der Waals surface area contributed by atoms with Crippen LogP contribution in [0.5, 0.6) is 0 Å². The van der Waals surface area contributed by atoms with E-state index in [-0.39, 0.29) is 12.6 Å². The number of alkyl halides is 1. The zero-order valence-electron chi connectivity index (χ0n) is 49.4. The summed E-state index contributed by atoms with van der Waals surface area (Å²) in [6.45, 7) is 13.6. The number of halogens is 7. The van der Waals surface area contributed by atoms with Gasteiger partial charge in [-0.25, -0.2) is 9.98 Å². The number of aliphatic hydroxyl groups is 1. The van der Waals surface area contributed by atoms with Crippen LogP contribution in [0.25, 0.3) is 0 Å². The lowest BCUT2D eigenvalue weighted by Crippen LogP contribution is -2.32. The standard InChI is InChI=1S/C10H10Br2O.C10H11BrO2.C10H9BrO2.C9H8Br2O.C9H10BrNO.C9H16N2O2.C9H11NO/c11-5-7-1-2-10(12)8-3-4-13-6-9(7)8;2*11-10-2-1-7(5-12)9-6-13-4-3-8(9)10;2*10-8-1-2-9(11)7-5-12-4-3-6(7)8;1-6(2)8-9(13-4)10-5-7(11-8)12-3;10-9-3-1-2-7-4-5-11-6-8(7)9/h1-2H,3-6H2;1-2,12H,3-6H2;1-2,5H,3-4,6H2;1-2H,3-5H2;1-2H,3-5,11H2;6,8H,5H2,1-4H3;1-3H,4-6,10H2/t;;;;;8-;/m.....1./s1. The topological polar surface area (TPSA) is 188 Å². The van der Waals surface area contributed by atoms with Crippen molar-refractivity contribution in [2.24, 2.45) is 15.9 Å². The number of anilines is 2. The van der Waals surface area contributed by atoms with Gasteiger partial charge in [0, 0.05) is 60.2 Å². The number of rotatable bonds is 4. The van der Waals surface area contributed by atoms with E-state index in [4.69, 9.17) is 54.5 Å². The molecule has 468 valence electrons. The maximum Gasteiger partial charge on any atom is 0.209 e. The molecule has 14 nitrogen and oxygen atoms in total. The number of nitrogen functional groups attached to an aromatic ring is 2. The predicted molar refractivity (Wildman–Crippen MR) is 370 cm³/mol. The molecule has 87 heavy (non-hydrogen) atoms. The summed E-state index contributed by atoms with van der Waals surface area (Å²) >= 11 is 24.6. The van der Waals surface area contributed by atoms with Gasteiger partial charge in [-0.1, -0.05) is 156 Å². The molecule has 0 amide bonds. The molecular formula is C66H75Br7N4O10. The van der Waals surface area contributed by atoms with Crippen LogP contribution < -0.4 is 11.5 Å². The Morgan fingerprint density at radius 1 is 0.517 bits per heavy atom. The minimum Gasteiger partial charge on any atom is -0.483 e. The number of hydrogen-bond acceptors (Lipinski definition) is 14. The smallest absolute Gasteiger partial charge is 0.209 e. The van der Waals surface area contributed by atoms with Gasteiger partial charge in [-0.2, -0.15) is 0 Å². The normalized spacial score (nSPS) is 16.6. The number of methoxy groups -OCH3 is 2. The molecule has 0 saturated heterocycles. The highest BCUT2D eigenvalue weighted by atomic mass is 79.9. The Labute approximate surface area is 570 Å². The number of carbonyl (C=O) groups is 1. The van der Waals surface area contributed by atoms with Gasteiger partial charge in [-0.3, -0.25) is 4.79 Å². The molecule has 1 atom stereocenters. The van der Waals surface area contributed by atoms with Gasteiger partial charge in [-0.15, -0.1) is 0 Å². The summed E-state index contributed by atoms with van der Waals surface area (Å²) < 4.78 is 49.3. The monoisotopic (exact) mass is 1640 g/mol. The van der Waals surface area contributed by atoms with Crippen molar-refractivity contribution in [3.8, 4) is 0 Å². The maximum atomic E-state index is 10.7. The Morgan fingerprint density at radius 3 is 1.41 bits per heavy atom. The van der Waals surface area contributed by atoms with E-state index in [1.54, 1.807) is 14.2 Å². The Morgan fingerprint density at radius 2 is 0.931 bits per heavy atom. The van der Waals surface area contributed by atoms with Crippen LogP contribution >= 0.6 is 112 Å². The first-order chi connectivity index (χ1) is 42.1. The molecule has 13 rings (SSSR count). The summed E-state index contributed by atoms with van der Waals surface area (Å²) in [6, 6.07) is 26.1. The Bertz CT molecular complexity index is 3160. The molecule has 6 aromatic carbocycles. The molecule has 7 heterocycles. The van der Waals surface area contributed by atoms with E-state index >= 15 is 0 Å². The number of ether oxygens (including phenoxy) is 8. The van der Waals surface area contributed by atoms with Crippen LogP contribution in [0.15, 0.2) is 116 Å². The summed E-state index contributed by atoms with van der Waals surface area (Å²) in [7, 11) is 3.24. The number of hydrogen-bond donors (Lipinski definition) is 3. The van der Waals surface area contributed by atoms with Crippen molar-refractivity contribution in [3.05, 3.63) is 189 Å². The van der Waals surface area contributed by atoms with Gasteiger partial charge in [0.25, 0.3) is 0 Å². The lowest BCUT2D eigenvalue weighted by molar-refractivity contribution is 0.105. The first-order valence-electron chi connectivity index (χ1n) is 28.7. The summed E-state index contributed by atoms with van der Waals surface area (Å²) in [5.41, 5.74) is 31.5. The molecule has 7 aliphatic heterocycles. The summed E-state index contributed by atoms with van der Waals surface area (Å²) in [6.07, 6.45) is 6.70. The van der Waals surface area contributed by atoms with Crippen LogP contribution in [0.4, 0.5) is 11.4 Å². The lowest BCUT2D eigenvalue weighted by Gasteiger charge is -2.22. The number of aldehydes is 1. The fourth-order valence-electron chi connectivity index (χ4n) is 10.4. The van der Waals surface area contributed by atoms with Gasteiger partial charge in [0.15, 0.2) is 0 Å². The number of carbonyl (C=O) groups excluding carboxylic acids is 1. The molecule has 0 fully saturated rings. The van der Waals surface area contributed by atoms with E-state index in [1.807, 2.05) is 48.5 Å². The molecule has 0 aliphatic carbocycles. The van der Waals surface area contributed by atoms with Gasteiger partial charge in [0.05, 0.1) is 100 Å². The van der Waals surface area contributed by atoms with Crippen molar-refractivity contribution < 1.29 is 47.8 Å². The number of nitrogens with two attached hydrogens (primary N) is 2. The van der Waals surface area contributed by atoms with E-state index in [9.17, 15) is 4.79 Å². The molecule has 21 heteroatoms. The lowest BCUT2D eigenvalue weighted by atomic mass is 9.98. The van der Waals surface area contributed by atoms with Gasteiger partial charge < -0.3 is 54.5 Å². The number of fused-ring (bicyclic) bond motifs is 6. The van der Waals surface area contributed by atoms with E-state index in [1.165, 1.54) is 64.6 Å². The third-order valence-electron chi connectivity index (χ3n) is 15.3. The average molecular weight is 1640 g/mol. The van der Waals surface area contributed by atoms with E-state index in [2.05, 4.69) is 166 Å². The second-order valence-corrected chi connectivity index (χ2v) is 26.7. The van der Waals surface area contributed by atoms with Crippen LogP contribution in [-0.4, -0.2) is 89.6 Å². The molecule has 7 aliphatic rings. The third-order valence-corrected chi connectivity index (χ3v) is 20.4. The Balaban J connectivity index is 0.000000145. The van der Waals surface area contributed by atoms with Crippen molar-refractivity contribution in [2.45, 2.75) is 110 Å². The number of benzene rings is 6. The van der Waals surface area contributed by atoms with Crippen LogP contribution in [0, 0.1) is 5.92 Å². The van der Waals surface area contributed by atoms with Gasteiger partial charge >= 0.3 is 0 Å². The van der Waals surface area contributed by atoms with Crippen LogP contribution in [-0.2, 0) is 128 Å². The largest absolute Gasteiger partial charge is 0.483 e. The first kappa shape index (κ1) is 71.1. The van der Waals surface area contributed by atoms with Crippen LogP contribution in [0.3, 0.4) is 0 Å². The quantitative estimate of drug-likeness (QED) is 0.0862. The highest BCUT2D eigenvalue weighted by Gasteiger charge is 2.25. The first-order valence-corrected chi connectivity index (χ1v) is 34.5. The van der Waals surface area contributed by atoms with Crippen molar-refractivity contribution >= 4 is 141 Å². The van der Waals surface area contributed by atoms with Crippen LogP contribution in [0.1, 0.15) is 102 Å². The second kappa shape index (κ2) is 36.6. The molecular weight excluding hydrogens is 1570 g/mol. The van der Waals surface area contributed by atoms with E-state index in [0.29, 0.717) is 50.7 Å². The van der Waals surface area contributed by atoms with Crippen molar-refractivity contribution in [1.82, 2.24) is 0 Å². The number of aliphatic imine (C=N–C) groups is 2. The predicted octanol–water partition coefficient (Wildman–Crippen LogP) is 15.6. The molecule has 0 saturated carbocycles. The van der Waals surface area contributed by atoms with E-state index in [0.717, 1.165) is 160 Å². The Hall–Kier alpha value is -3.39. The van der Waals surface area contributed by atoms with Gasteiger partial charge in [0.1, 0.15) is 18.9 Å². The van der Waals surface area contributed by atoms with Crippen molar-refractivity contribution in [3.63, 3.8) is 0 Å². The van der Waals surface area contributed by atoms with Crippen molar-refractivity contribution in [1.29, 1.82) is 0 Å². The molecule has 0 aromatic heterocycles. The molecule has 0 bridgehead atoms. The molecule has 0 spiro atoms. The highest BCUT2D eigenvalue weighted by molar-refractivity contribution is 9.11. The molecule has 5 N–H and O–H groups in total. The minimum absolute atomic E-state index is 0.00806. The minimum atomic E-state index is 0.00806. The fraction of sp³-hybridized carbons (Fsp3) is 0.409. The zero-order valence-corrected chi connectivity index (χ0v) is 60.5. The van der Waals surface area contributed by atoms with Crippen LogP contribution in [0.2, 0.25) is 0 Å². The molecule has 6 aromatic rings. The SMILES string of the molecule is BrCc1ccc(Br)c2c1COCC2.Brc1ccc(Br)c2c1CCOC2.COC1=N[C@H](C(C)C)C(OC)=NC1.Nc1ccc(Br)c2c1COCC2.Nc1cccc2c1COCC2.O=Cc1ccc(Br)c2c1COCC2.OCc1ccc(Br)c2c1COCC2. The molecule has 0 unspecified atom stereocenters. The van der Waals surface area contributed by atoms with Gasteiger partial charge in [0.2, 0.25) is 11.8 Å². The number of nitrogens with zero attached hydrogens (tertiary/aromatic N) is 2. The summed E-state index contributed by atoms with van der Waals surface area (Å²) in [5.74, 6) is 1.76. The highest BCUT2D eigenvalue weighted by Crippen LogP contribution is 2.34. The van der Waals surface area contributed by atoms with Gasteiger partial charge in [-0.05, 0) is 160 Å². The average Bonchev–Trinajstić information content (AvgIpc) is 3.32. The van der Waals surface area contributed by atoms with Crippen molar-refractivity contribution in [2.75, 3.05) is 71.9 Å². The third kappa shape index (κ3) is 19.8. The maximum absolute atomic E-state index is 10.7. The summed E-state index contributed by atoms with van der Waals surface area (Å²) in [5, 5.41) is 10.0. The van der Waals surface area contributed by atoms with E-state index < -0.39 is 0 Å². The molecule has 0 radical (unpaired) electrons.